The quantitative estimate of drug-likeness (QED) is 0.458. The molecule has 0 rings (SSSR count). The first kappa shape index (κ1) is 19.0. The van der Waals surface area contributed by atoms with E-state index in [1.807, 2.05) is 50.9 Å². The van der Waals surface area contributed by atoms with Crippen molar-refractivity contribution in [3.05, 3.63) is 72.9 Å². The molecule has 0 aromatic heterocycles. The zero-order valence-electron chi connectivity index (χ0n) is 14.3. The van der Waals surface area contributed by atoms with Gasteiger partial charge >= 0.3 is 0 Å². The van der Waals surface area contributed by atoms with Crippen LogP contribution in [0.25, 0.3) is 0 Å². The molecule has 0 saturated carbocycles. The molecule has 0 saturated heterocycles. The Labute approximate surface area is 130 Å². The van der Waals surface area contributed by atoms with Crippen molar-refractivity contribution in [1.29, 1.82) is 0 Å². The van der Waals surface area contributed by atoms with Gasteiger partial charge in [0.25, 0.3) is 0 Å². The zero-order valence-corrected chi connectivity index (χ0v) is 14.3. The maximum Gasteiger partial charge on any atom is 0.0465 e. The van der Waals surface area contributed by atoms with E-state index >= 15 is 0 Å². The topological polar surface area (TPSA) is 15.3 Å². The van der Waals surface area contributed by atoms with Gasteiger partial charge in [0.05, 0.1) is 0 Å². The SMILES string of the molecule is C=C(/C=C(/C)N(/C=C\C)C(=C)C)C(=C)N[C@@H](CC)C(=C)C. The monoisotopic (exact) mass is 286 g/mol. The zero-order chi connectivity index (χ0) is 16.6. The minimum absolute atomic E-state index is 0.232. The number of hydrogen-bond acceptors (Lipinski definition) is 2. The number of allylic oxidation sites excluding steroid dienone is 4. The van der Waals surface area contributed by atoms with Gasteiger partial charge in [-0.2, -0.15) is 0 Å². The summed E-state index contributed by atoms with van der Waals surface area (Å²) < 4.78 is 0. The van der Waals surface area contributed by atoms with Gasteiger partial charge in [-0.15, -0.1) is 0 Å². The molecule has 0 amide bonds. The number of nitrogens with zero attached hydrogens (tertiary/aromatic N) is 1. The molecule has 0 radical (unpaired) electrons. The lowest BCUT2D eigenvalue weighted by atomic mass is 10.1. The van der Waals surface area contributed by atoms with Gasteiger partial charge in [-0.25, -0.2) is 0 Å². The molecule has 2 nitrogen and oxygen atoms in total. The summed E-state index contributed by atoms with van der Waals surface area (Å²) in [6, 6.07) is 0.232. The summed E-state index contributed by atoms with van der Waals surface area (Å²) in [7, 11) is 0. The predicted molar refractivity (Wildman–Crippen MR) is 95.5 cm³/mol. The third-order valence-electron chi connectivity index (χ3n) is 3.21. The molecule has 0 aliphatic carbocycles. The summed E-state index contributed by atoms with van der Waals surface area (Å²) in [4.78, 5) is 2.02. The van der Waals surface area contributed by atoms with Gasteiger partial charge in [-0.1, -0.05) is 44.9 Å². The van der Waals surface area contributed by atoms with E-state index in [1.165, 1.54) is 0 Å². The van der Waals surface area contributed by atoms with Gasteiger partial charge in [-0.05, 0) is 45.8 Å². The number of hydrogen-bond donors (Lipinski definition) is 1. The Hall–Kier alpha value is -1.96. The molecular formula is C19H30N2. The molecule has 21 heavy (non-hydrogen) atoms. The van der Waals surface area contributed by atoms with E-state index in [4.69, 9.17) is 0 Å². The minimum Gasteiger partial charge on any atom is -0.379 e. The second-order valence-corrected chi connectivity index (χ2v) is 5.33. The fraction of sp³-hybridized carbons (Fsp3) is 0.368. The molecule has 1 atom stereocenters. The summed E-state index contributed by atoms with van der Waals surface area (Å²) in [6.45, 7) is 26.3. The van der Waals surface area contributed by atoms with Crippen LogP contribution in [0.4, 0.5) is 0 Å². The Bertz CT molecular complexity index is 478. The molecule has 0 heterocycles. The lowest BCUT2D eigenvalue weighted by molar-refractivity contribution is 0.577. The van der Waals surface area contributed by atoms with Crippen LogP contribution in [0, 0.1) is 0 Å². The summed E-state index contributed by atoms with van der Waals surface area (Å²) in [5.74, 6) is 0. The van der Waals surface area contributed by atoms with Crippen LogP contribution < -0.4 is 5.32 Å². The highest BCUT2D eigenvalue weighted by molar-refractivity contribution is 5.37. The minimum atomic E-state index is 0.232. The fourth-order valence-corrected chi connectivity index (χ4v) is 1.98. The second-order valence-electron chi connectivity index (χ2n) is 5.33. The van der Waals surface area contributed by atoms with Crippen molar-refractivity contribution in [2.45, 2.75) is 47.1 Å². The predicted octanol–water partition coefficient (Wildman–Crippen LogP) is 5.27. The van der Waals surface area contributed by atoms with Crippen molar-refractivity contribution in [2.75, 3.05) is 0 Å². The molecule has 0 unspecified atom stereocenters. The highest BCUT2D eigenvalue weighted by Crippen LogP contribution is 2.17. The number of nitrogens with one attached hydrogen (secondary N) is 1. The van der Waals surface area contributed by atoms with Crippen molar-refractivity contribution in [3.63, 3.8) is 0 Å². The van der Waals surface area contributed by atoms with Crippen LogP contribution in [0.3, 0.4) is 0 Å². The van der Waals surface area contributed by atoms with Crippen molar-refractivity contribution in [3.8, 4) is 0 Å². The molecule has 0 spiro atoms. The molecule has 0 aromatic carbocycles. The van der Waals surface area contributed by atoms with Gasteiger partial charge in [0.1, 0.15) is 0 Å². The first-order chi connectivity index (χ1) is 9.74. The molecular weight excluding hydrogens is 256 g/mol. The average Bonchev–Trinajstić information content (AvgIpc) is 2.40. The van der Waals surface area contributed by atoms with E-state index < -0.39 is 0 Å². The normalized spacial score (nSPS) is 12.9. The first-order valence-corrected chi connectivity index (χ1v) is 7.30. The highest BCUT2D eigenvalue weighted by Gasteiger charge is 2.09. The lowest BCUT2D eigenvalue weighted by Gasteiger charge is -2.23. The molecule has 0 aromatic rings. The van der Waals surface area contributed by atoms with E-state index in [0.717, 1.165) is 34.7 Å². The first-order valence-electron chi connectivity index (χ1n) is 7.30. The van der Waals surface area contributed by atoms with Gasteiger partial charge in [0, 0.05) is 29.3 Å². The summed E-state index contributed by atoms with van der Waals surface area (Å²) in [5, 5.41) is 3.37. The molecule has 0 aliphatic rings. The summed E-state index contributed by atoms with van der Waals surface area (Å²) >= 11 is 0. The highest BCUT2D eigenvalue weighted by atomic mass is 15.1. The van der Waals surface area contributed by atoms with E-state index in [0.29, 0.717) is 0 Å². The largest absolute Gasteiger partial charge is 0.379 e. The van der Waals surface area contributed by atoms with E-state index in [2.05, 4.69) is 38.6 Å². The smallest absolute Gasteiger partial charge is 0.0465 e. The Morgan fingerprint density at radius 1 is 1.14 bits per heavy atom. The Morgan fingerprint density at radius 3 is 2.10 bits per heavy atom. The van der Waals surface area contributed by atoms with Gasteiger partial charge < -0.3 is 10.2 Å². The fourth-order valence-electron chi connectivity index (χ4n) is 1.98. The van der Waals surface area contributed by atoms with Crippen LogP contribution in [-0.4, -0.2) is 10.9 Å². The molecule has 116 valence electrons. The van der Waals surface area contributed by atoms with Crippen molar-refractivity contribution in [1.82, 2.24) is 10.2 Å². The molecule has 0 aliphatic heterocycles. The summed E-state index contributed by atoms with van der Waals surface area (Å²) in [6.07, 6.45) is 6.95. The molecule has 0 fully saturated rings. The van der Waals surface area contributed by atoms with E-state index in [-0.39, 0.29) is 6.04 Å². The van der Waals surface area contributed by atoms with Crippen LogP contribution in [0.15, 0.2) is 72.9 Å². The van der Waals surface area contributed by atoms with E-state index in [1.54, 1.807) is 0 Å². The van der Waals surface area contributed by atoms with Crippen LogP contribution >= 0.6 is 0 Å². The molecule has 0 bridgehead atoms. The van der Waals surface area contributed by atoms with Crippen molar-refractivity contribution in [2.24, 2.45) is 0 Å². The maximum atomic E-state index is 4.09. The van der Waals surface area contributed by atoms with Crippen LogP contribution in [0.2, 0.25) is 0 Å². The van der Waals surface area contributed by atoms with E-state index in [9.17, 15) is 0 Å². The van der Waals surface area contributed by atoms with Crippen molar-refractivity contribution >= 4 is 0 Å². The maximum absolute atomic E-state index is 4.09. The third-order valence-corrected chi connectivity index (χ3v) is 3.21. The Kier molecular flexibility index (Phi) is 8.22. The van der Waals surface area contributed by atoms with Crippen LogP contribution in [-0.2, 0) is 0 Å². The lowest BCUT2D eigenvalue weighted by Crippen LogP contribution is -2.28. The van der Waals surface area contributed by atoms with Crippen LogP contribution in [0.1, 0.15) is 41.0 Å². The molecule has 1 N–H and O–H groups in total. The standard InChI is InChI=1S/C19H30N2/c1-10-12-21(15(5)6)17(8)13-16(7)18(9)20-19(11-2)14(3)4/h10,12-13,19-20H,3,5,7,9,11H2,1-2,4,6,8H3/b12-10-,17-13-/t19-/m0/s1. The van der Waals surface area contributed by atoms with Gasteiger partial charge in [0.2, 0.25) is 0 Å². The average molecular weight is 286 g/mol. The van der Waals surface area contributed by atoms with Gasteiger partial charge in [-0.3, -0.25) is 0 Å². The third kappa shape index (κ3) is 6.35. The van der Waals surface area contributed by atoms with Crippen LogP contribution in [0.5, 0.6) is 0 Å². The van der Waals surface area contributed by atoms with Gasteiger partial charge in [0.15, 0.2) is 0 Å². The Balaban J connectivity index is 5.00. The second kappa shape index (κ2) is 9.06. The van der Waals surface area contributed by atoms with Crippen molar-refractivity contribution < 1.29 is 0 Å². The summed E-state index contributed by atoms with van der Waals surface area (Å²) in [5.41, 5.74) is 4.80. The Morgan fingerprint density at radius 2 is 1.71 bits per heavy atom. The molecule has 2 heteroatoms. The number of rotatable bonds is 9.